The molecule has 0 amide bonds. The van der Waals surface area contributed by atoms with E-state index in [1.807, 2.05) is 12.3 Å². The van der Waals surface area contributed by atoms with Crippen LogP contribution in [0.2, 0.25) is 0 Å². The Hall–Kier alpha value is -2.69. The highest BCUT2D eigenvalue weighted by atomic mass is 32.1. The van der Waals surface area contributed by atoms with E-state index in [1.165, 1.54) is 11.3 Å². The van der Waals surface area contributed by atoms with E-state index in [1.54, 1.807) is 13.0 Å². The predicted molar refractivity (Wildman–Crippen MR) is 102 cm³/mol. The third-order valence-electron chi connectivity index (χ3n) is 4.49. The molecular formula is C18H20F2N6O2S. The lowest BCUT2D eigenvalue weighted by Gasteiger charge is -2.29. The van der Waals surface area contributed by atoms with E-state index in [4.69, 9.17) is 9.15 Å². The van der Waals surface area contributed by atoms with Crippen LogP contribution in [0.1, 0.15) is 43.2 Å². The summed E-state index contributed by atoms with van der Waals surface area (Å²) >= 11 is 1.42. The van der Waals surface area contributed by atoms with E-state index in [0.29, 0.717) is 47.2 Å². The molecule has 1 aliphatic rings. The van der Waals surface area contributed by atoms with Gasteiger partial charge in [0.25, 0.3) is 5.89 Å². The van der Waals surface area contributed by atoms with Crippen molar-refractivity contribution in [1.82, 2.24) is 25.1 Å². The summed E-state index contributed by atoms with van der Waals surface area (Å²) in [4.78, 5) is 13.4. The van der Waals surface area contributed by atoms with Crippen LogP contribution >= 0.6 is 11.3 Å². The Morgan fingerprint density at radius 3 is 2.66 bits per heavy atom. The van der Waals surface area contributed by atoms with Gasteiger partial charge < -0.3 is 14.5 Å². The third-order valence-corrected chi connectivity index (χ3v) is 5.45. The van der Waals surface area contributed by atoms with E-state index in [0.717, 1.165) is 5.69 Å². The standard InChI is InChI=1S/C18H20F2N6O2S/c1-10-9-29-17(21-10)16-23-13(22-12-3-5-18(19,20)6-4-12)7-14(24-16)27-8-15-26-25-11(2)28-15/h7,9,12H,3-6,8H2,1-2H3,(H,22,23,24). The molecule has 1 fully saturated rings. The quantitative estimate of drug-likeness (QED) is 0.632. The van der Waals surface area contributed by atoms with Crippen molar-refractivity contribution in [3.8, 4) is 16.7 Å². The van der Waals surface area contributed by atoms with Gasteiger partial charge >= 0.3 is 0 Å². The molecule has 0 atom stereocenters. The molecule has 0 saturated heterocycles. The van der Waals surface area contributed by atoms with E-state index in [9.17, 15) is 8.78 Å². The zero-order valence-corrected chi connectivity index (χ0v) is 16.8. The topological polar surface area (TPSA) is 98.9 Å². The largest absolute Gasteiger partial charge is 0.467 e. The normalized spacial score (nSPS) is 16.7. The minimum Gasteiger partial charge on any atom is -0.467 e. The van der Waals surface area contributed by atoms with Crippen molar-refractivity contribution in [2.45, 2.75) is 58.1 Å². The van der Waals surface area contributed by atoms with Crippen molar-refractivity contribution in [3.05, 3.63) is 28.9 Å². The lowest BCUT2D eigenvalue weighted by molar-refractivity contribution is -0.0361. The van der Waals surface area contributed by atoms with Crippen LogP contribution in [0, 0.1) is 13.8 Å². The maximum Gasteiger partial charge on any atom is 0.253 e. The fourth-order valence-electron chi connectivity index (χ4n) is 3.05. The van der Waals surface area contributed by atoms with E-state index < -0.39 is 5.92 Å². The summed E-state index contributed by atoms with van der Waals surface area (Å²) in [6.07, 6.45) is 0.489. The average molecular weight is 422 g/mol. The molecule has 0 bridgehead atoms. The number of aryl methyl sites for hydroxylation is 2. The number of alkyl halides is 2. The second kappa shape index (κ2) is 7.97. The number of halogens is 2. The molecule has 0 radical (unpaired) electrons. The fraction of sp³-hybridized carbons (Fsp3) is 0.500. The van der Waals surface area contributed by atoms with Gasteiger partial charge in [-0.1, -0.05) is 0 Å². The van der Waals surface area contributed by atoms with Gasteiger partial charge in [0, 0.05) is 42.9 Å². The lowest BCUT2D eigenvalue weighted by Crippen LogP contribution is -2.32. The van der Waals surface area contributed by atoms with Gasteiger partial charge in [0.1, 0.15) is 5.82 Å². The first-order valence-electron chi connectivity index (χ1n) is 9.24. The van der Waals surface area contributed by atoms with Crippen LogP contribution in [-0.4, -0.2) is 37.1 Å². The van der Waals surface area contributed by atoms with Crippen LogP contribution in [0.4, 0.5) is 14.6 Å². The van der Waals surface area contributed by atoms with Crippen LogP contribution in [0.15, 0.2) is 15.9 Å². The van der Waals surface area contributed by atoms with Gasteiger partial charge in [-0.25, -0.2) is 18.7 Å². The summed E-state index contributed by atoms with van der Waals surface area (Å²) < 4.78 is 37.9. The van der Waals surface area contributed by atoms with Gasteiger partial charge in [0.2, 0.25) is 17.7 Å². The molecule has 154 valence electrons. The minimum atomic E-state index is -2.58. The van der Waals surface area contributed by atoms with Gasteiger partial charge in [0.15, 0.2) is 17.4 Å². The monoisotopic (exact) mass is 422 g/mol. The van der Waals surface area contributed by atoms with E-state index >= 15 is 0 Å². The molecule has 3 aromatic rings. The molecule has 11 heteroatoms. The summed E-state index contributed by atoms with van der Waals surface area (Å²) in [7, 11) is 0. The van der Waals surface area contributed by atoms with Crippen molar-refractivity contribution in [3.63, 3.8) is 0 Å². The molecule has 0 aromatic carbocycles. The molecule has 8 nitrogen and oxygen atoms in total. The number of anilines is 1. The van der Waals surface area contributed by atoms with E-state index in [-0.39, 0.29) is 25.5 Å². The highest BCUT2D eigenvalue weighted by molar-refractivity contribution is 7.13. The van der Waals surface area contributed by atoms with Crippen molar-refractivity contribution in [2.75, 3.05) is 5.32 Å². The van der Waals surface area contributed by atoms with Crippen LogP contribution in [-0.2, 0) is 6.61 Å². The lowest BCUT2D eigenvalue weighted by atomic mass is 9.92. The Balaban J connectivity index is 1.54. The van der Waals surface area contributed by atoms with Gasteiger partial charge in [-0.05, 0) is 19.8 Å². The first-order valence-corrected chi connectivity index (χ1v) is 10.1. The van der Waals surface area contributed by atoms with Crippen LogP contribution < -0.4 is 10.1 Å². The second-order valence-corrected chi connectivity index (χ2v) is 7.85. The molecule has 0 unspecified atom stereocenters. The Morgan fingerprint density at radius 2 is 2.00 bits per heavy atom. The number of rotatable bonds is 6. The van der Waals surface area contributed by atoms with Gasteiger partial charge in [-0.3, -0.25) is 0 Å². The second-order valence-electron chi connectivity index (χ2n) is 6.99. The summed E-state index contributed by atoms with van der Waals surface area (Å²) in [6.45, 7) is 3.64. The summed E-state index contributed by atoms with van der Waals surface area (Å²) in [5.41, 5.74) is 0.866. The van der Waals surface area contributed by atoms with Crippen molar-refractivity contribution in [2.24, 2.45) is 0 Å². The fourth-order valence-corrected chi connectivity index (χ4v) is 3.78. The zero-order valence-electron chi connectivity index (χ0n) is 16.0. The highest BCUT2D eigenvalue weighted by Crippen LogP contribution is 2.34. The summed E-state index contributed by atoms with van der Waals surface area (Å²) in [5, 5.41) is 13.5. The number of thiazole rings is 1. The van der Waals surface area contributed by atoms with Crippen LogP contribution in [0.5, 0.6) is 5.88 Å². The maximum atomic E-state index is 13.4. The SMILES string of the molecule is Cc1csc(-c2nc(NC3CCC(F)(F)CC3)cc(OCc3nnc(C)o3)n2)n1. The Labute approximate surface area is 169 Å². The molecule has 3 heterocycles. The van der Waals surface area contributed by atoms with Gasteiger partial charge in [-0.2, -0.15) is 4.98 Å². The number of hydrogen-bond acceptors (Lipinski definition) is 9. The Kier molecular flexibility index (Phi) is 5.39. The molecular weight excluding hydrogens is 402 g/mol. The average Bonchev–Trinajstić information content (AvgIpc) is 3.30. The first kappa shape index (κ1) is 19.6. The van der Waals surface area contributed by atoms with Crippen LogP contribution in [0.25, 0.3) is 10.8 Å². The smallest absolute Gasteiger partial charge is 0.253 e. The maximum absolute atomic E-state index is 13.4. The highest BCUT2D eigenvalue weighted by Gasteiger charge is 2.35. The van der Waals surface area contributed by atoms with Crippen molar-refractivity contribution < 1.29 is 17.9 Å². The van der Waals surface area contributed by atoms with Crippen molar-refractivity contribution in [1.29, 1.82) is 0 Å². The van der Waals surface area contributed by atoms with Crippen LogP contribution in [0.3, 0.4) is 0 Å². The summed E-state index contributed by atoms with van der Waals surface area (Å²) in [6, 6.07) is 1.56. The number of nitrogens with zero attached hydrogens (tertiary/aromatic N) is 5. The first-order chi connectivity index (χ1) is 13.9. The Morgan fingerprint density at radius 1 is 1.21 bits per heavy atom. The zero-order chi connectivity index (χ0) is 20.4. The Bertz CT molecular complexity index is 982. The minimum absolute atomic E-state index is 0.0588. The summed E-state index contributed by atoms with van der Waals surface area (Å²) in [5.74, 6) is -0.578. The molecule has 1 saturated carbocycles. The molecule has 0 aliphatic heterocycles. The number of hydrogen-bond donors (Lipinski definition) is 1. The number of ether oxygens (including phenoxy) is 1. The molecule has 29 heavy (non-hydrogen) atoms. The third kappa shape index (κ3) is 5.03. The molecule has 1 N–H and O–H groups in total. The number of aromatic nitrogens is 5. The van der Waals surface area contributed by atoms with E-state index in [2.05, 4.69) is 30.5 Å². The van der Waals surface area contributed by atoms with Gasteiger partial charge in [0.05, 0.1) is 0 Å². The number of nitrogens with one attached hydrogen (secondary N) is 1. The van der Waals surface area contributed by atoms with Gasteiger partial charge in [-0.15, -0.1) is 21.5 Å². The molecule has 4 rings (SSSR count). The molecule has 0 spiro atoms. The molecule has 3 aromatic heterocycles. The predicted octanol–water partition coefficient (Wildman–Crippen LogP) is 4.17. The molecule has 1 aliphatic carbocycles. The van der Waals surface area contributed by atoms with Crippen molar-refractivity contribution >= 4 is 17.2 Å².